The molecule has 0 atom stereocenters. The molecule has 0 aliphatic heterocycles. The van der Waals surface area contributed by atoms with Crippen molar-refractivity contribution in [3.05, 3.63) is 41.0 Å². The highest BCUT2D eigenvalue weighted by Crippen LogP contribution is 2.29. The Hall–Kier alpha value is -1.70. The number of rotatable bonds is 5. The van der Waals surface area contributed by atoms with Crippen molar-refractivity contribution in [3.8, 4) is 5.75 Å². The highest BCUT2D eigenvalue weighted by molar-refractivity contribution is 5.66. The summed E-state index contributed by atoms with van der Waals surface area (Å²) in [7, 11) is 0. The SMILES string of the molecule is CC=C(C)C=Cc1cc(O)c(CC)c(NCC)c1. The molecule has 0 heterocycles. The van der Waals surface area contributed by atoms with Crippen LogP contribution in [0.25, 0.3) is 6.08 Å². The highest BCUT2D eigenvalue weighted by Gasteiger charge is 2.06. The van der Waals surface area contributed by atoms with Crippen molar-refractivity contribution in [2.24, 2.45) is 0 Å². The first kappa shape index (κ1) is 14.4. The van der Waals surface area contributed by atoms with Crippen LogP contribution in [-0.4, -0.2) is 11.7 Å². The van der Waals surface area contributed by atoms with E-state index in [1.165, 1.54) is 5.57 Å². The maximum absolute atomic E-state index is 10.0. The lowest BCUT2D eigenvalue weighted by atomic mass is 10.0. The summed E-state index contributed by atoms with van der Waals surface area (Å²) in [5.74, 6) is 0.369. The van der Waals surface area contributed by atoms with Gasteiger partial charge < -0.3 is 10.4 Å². The topological polar surface area (TPSA) is 32.3 Å². The Kier molecular flexibility index (Phi) is 5.50. The van der Waals surface area contributed by atoms with Gasteiger partial charge in [0.25, 0.3) is 0 Å². The van der Waals surface area contributed by atoms with Gasteiger partial charge in [0, 0.05) is 17.8 Å². The zero-order chi connectivity index (χ0) is 13.5. The first-order valence-corrected chi connectivity index (χ1v) is 6.53. The molecule has 98 valence electrons. The summed E-state index contributed by atoms with van der Waals surface area (Å²) in [6.07, 6.45) is 6.96. The predicted molar refractivity (Wildman–Crippen MR) is 80.1 cm³/mol. The number of hydrogen-bond acceptors (Lipinski definition) is 2. The van der Waals surface area contributed by atoms with Gasteiger partial charge in [0.15, 0.2) is 0 Å². The van der Waals surface area contributed by atoms with Crippen molar-refractivity contribution in [1.82, 2.24) is 0 Å². The Bertz CT molecular complexity index is 458. The zero-order valence-corrected chi connectivity index (χ0v) is 11.7. The molecule has 0 saturated heterocycles. The van der Waals surface area contributed by atoms with E-state index in [0.29, 0.717) is 5.75 Å². The van der Waals surface area contributed by atoms with E-state index >= 15 is 0 Å². The number of benzene rings is 1. The van der Waals surface area contributed by atoms with Gasteiger partial charge in [-0.25, -0.2) is 0 Å². The quantitative estimate of drug-likeness (QED) is 0.755. The van der Waals surface area contributed by atoms with Crippen LogP contribution in [0.5, 0.6) is 5.75 Å². The molecule has 2 heteroatoms. The minimum atomic E-state index is 0.369. The van der Waals surface area contributed by atoms with Crippen molar-refractivity contribution in [3.63, 3.8) is 0 Å². The summed E-state index contributed by atoms with van der Waals surface area (Å²) in [6.45, 7) is 9.04. The summed E-state index contributed by atoms with van der Waals surface area (Å²) in [6, 6.07) is 3.90. The maximum Gasteiger partial charge on any atom is 0.121 e. The third-order valence-corrected chi connectivity index (χ3v) is 2.96. The van der Waals surface area contributed by atoms with Crippen molar-refractivity contribution in [2.45, 2.75) is 34.1 Å². The molecule has 0 aromatic heterocycles. The second kappa shape index (κ2) is 6.90. The molecule has 0 spiro atoms. The molecule has 0 aliphatic rings. The van der Waals surface area contributed by atoms with E-state index in [9.17, 15) is 5.11 Å². The summed E-state index contributed by atoms with van der Waals surface area (Å²) in [5.41, 5.74) is 4.23. The van der Waals surface area contributed by atoms with E-state index in [-0.39, 0.29) is 0 Å². The summed E-state index contributed by atoms with van der Waals surface area (Å²) in [4.78, 5) is 0. The largest absolute Gasteiger partial charge is 0.508 e. The van der Waals surface area contributed by atoms with E-state index in [1.807, 2.05) is 19.1 Å². The van der Waals surface area contributed by atoms with Gasteiger partial charge in [-0.2, -0.15) is 0 Å². The lowest BCUT2D eigenvalue weighted by Crippen LogP contribution is -2.01. The monoisotopic (exact) mass is 245 g/mol. The molecule has 0 radical (unpaired) electrons. The normalized spacial score (nSPS) is 12.1. The summed E-state index contributed by atoms with van der Waals surface area (Å²) < 4.78 is 0. The molecule has 2 nitrogen and oxygen atoms in total. The molecular weight excluding hydrogens is 222 g/mol. The fourth-order valence-electron chi connectivity index (χ4n) is 1.82. The van der Waals surface area contributed by atoms with Crippen molar-refractivity contribution < 1.29 is 5.11 Å². The lowest BCUT2D eigenvalue weighted by molar-refractivity contribution is 0.469. The minimum Gasteiger partial charge on any atom is -0.508 e. The molecule has 0 bridgehead atoms. The fourth-order valence-corrected chi connectivity index (χ4v) is 1.82. The molecule has 1 aromatic rings. The van der Waals surface area contributed by atoms with Gasteiger partial charge in [-0.15, -0.1) is 0 Å². The average Bonchev–Trinajstić information content (AvgIpc) is 2.36. The molecule has 0 amide bonds. The van der Waals surface area contributed by atoms with Crippen molar-refractivity contribution in [1.29, 1.82) is 0 Å². The third-order valence-electron chi connectivity index (χ3n) is 2.96. The van der Waals surface area contributed by atoms with E-state index in [4.69, 9.17) is 0 Å². The van der Waals surface area contributed by atoms with E-state index in [0.717, 1.165) is 29.8 Å². The number of hydrogen-bond donors (Lipinski definition) is 2. The van der Waals surface area contributed by atoms with Crippen LogP contribution in [0.15, 0.2) is 29.9 Å². The van der Waals surface area contributed by atoms with Crippen LogP contribution in [0.1, 0.15) is 38.8 Å². The molecule has 0 aliphatic carbocycles. The smallest absolute Gasteiger partial charge is 0.121 e. The zero-order valence-electron chi connectivity index (χ0n) is 11.7. The van der Waals surface area contributed by atoms with Crippen LogP contribution in [0.3, 0.4) is 0 Å². The summed E-state index contributed by atoms with van der Waals surface area (Å²) in [5, 5.41) is 13.3. The molecule has 0 fully saturated rings. The number of phenolic OH excluding ortho intramolecular Hbond substituents is 1. The second-order valence-electron chi connectivity index (χ2n) is 4.32. The molecule has 0 saturated carbocycles. The van der Waals surface area contributed by atoms with Crippen LogP contribution in [-0.2, 0) is 6.42 Å². The van der Waals surface area contributed by atoms with Gasteiger partial charge in [-0.3, -0.25) is 0 Å². The van der Waals surface area contributed by atoms with Crippen LogP contribution >= 0.6 is 0 Å². The fraction of sp³-hybridized carbons (Fsp3) is 0.375. The number of phenols is 1. The Morgan fingerprint density at radius 1 is 1.33 bits per heavy atom. The van der Waals surface area contributed by atoms with E-state index < -0.39 is 0 Å². The van der Waals surface area contributed by atoms with E-state index in [1.54, 1.807) is 0 Å². The standard InChI is InChI=1S/C16H23NO/c1-5-12(4)8-9-13-10-15(17-7-3)14(6-2)16(18)11-13/h5,8-11,17-18H,6-7H2,1-4H3. The Morgan fingerprint density at radius 2 is 2.06 bits per heavy atom. The van der Waals surface area contributed by atoms with Gasteiger partial charge in [0.1, 0.15) is 5.75 Å². The minimum absolute atomic E-state index is 0.369. The lowest BCUT2D eigenvalue weighted by Gasteiger charge is -2.12. The maximum atomic E-state index is 10.0. The van der Waals surface area contributed by atoms with Gasteiger partial charge in [-0.1, -0.05) is 30.7 Å². The Labute approximate surface area is 110 Å². The highest BCUT2D eigenvalue weighted by atomic mass is 16.3. The van der Waals surface area contributed by atoms with Crippen molar-refractivity contribution in [2.75, 3.05) is 11.9 Å². The number of anilines is 1. The molecule has 18 heavy (non-hydrogen) atoms. The summed E-state index contributed by atoms with van der Waals surface area (Å²) >= 11 is 0. The van der Waals surface area contributed by atoms with Gasteiger partial charge in [0.05, 0.1) is 0 Å². The molecular formula is C16H23NO. The van der Waals surface area contributed by atoms with Crippen LogP contribution < -0.4 is 5.32 Å². The van der Waals surface area contributed by atoms with Crippen LogP contribution in [0.4, 0.5) is 5.69 Å². The third kappa shape index (κ3) is 3.66. The average molecular weight is 245 g/mol. The van der Waals surface area contributed by atoms with Crippen LogP contribution in [0.2, 0.25) is 0 Å². The first-order valence-electron chi connectivity index (χ1n) is 6.53. The Balaban J connectivity index is 3.12. The van der Waals surface area contributed by atoms with Gasteiger partial charge >= 0.3 is 0 Å². The van der Waals surface area contributed by atoms with E-state index in [2.05, 4.69) is 44.3 Å². The molecule has 2 N–H and O–H groups in total. The first-order chi connectivity index (χ1) is 8.62. The second-order valence-corrected chi connectivity index (χ2v) is 4.32. The Morgan fingerprint density at radius 3 is 2.61 bits per heavy atom. The number of allylic oxidation sites excluding steroid dienone is 3. The molecule has 1 aromatic carbocycles. The van der Waals surface area contributed by atoms with Crippen molar-refractivity contribution >= 4 is 11.8 Å². The van der Waals surface area contributed by atoms with Crippen LogP contribution in [0, 0.1) is 0 Å². The predicted octanol–water partition coefficient (Wildman–Crippen LogP) is 4.37. The number of nitrogens with one attached hydrogen (secondary N) is 1. The molecule has 0 unspecified atom stereocenters. The number of aromatic hydroxyl groups is 1. The van der Waals surface area contributed by atoms with Gasteiger partial charge in [0.2, 0.25) is 0 Å². The molecule has 1 rings (SSSR count). The van der Waals surface area contributed by atoms with Gasteiger partial charge in [-0.05, 0) is 44.9 Å².